The number of aliphatic carboxylic acids is 1. The normalized spacial score (nSPS) is 24.2. The van der Waals surface area contributed by atoms with Crippen molar-refractivity contribution in [1.82, 2.24) is 10.2 Å². The monoisotopic (exact) mass is 225 g/mol. The third-order valence-corrected chi connectivity index (χ3v) is 2.35. The van der Waals surface area contributed by atoms with Gasteiger partial charge in [-0.05, 0) is 12.8 Å². The number of aromatic amines is 1. The van der Waals surface area contributed by atoms with Crippen molar-refractivity contribution in [1.29, 1.82) is 0 Å². The average molecular weight is 225 g/mol. The Kier molecular flexibility index (Phi) is 2.86. The van der Waals surface area contributed by atoms with Crippen LogP contribution >= 0.6 is 0 Å². The Hall–Kier alpha value is -1.89. The maximum absolute atomic E-state index is 11.6. The number of rotatable bonds is 3. The molecule has 1 saturated heterocycles. The molecule has 2 rings (SSSR count). The van der Waals surface area contributed by atoms with Crippen LogP contribution in [0.15, 0.2) is 12.3 Å². The molecular weight excluding hydrogens is 214 g/mol. The number of nitrogens with one attached hydrogen (secondary N) is 2. The van der Waals surface area contributed by atoms with Gasteiger partial charge in [-0.15, -0.1) is 0 Å². The molecule has 0 aliphatic carbocycles. The number of anilines is 1. The van der Waals surface area contributed by atoms with E-state index < -0.39 is 18.2 Å². The van der Waals surface area contributed by atoms with Gasteiger partial charge in [0.1, 0.15) is 11.9 Å². The number of amides is 1. The van der Waals surface area contributed by atoms with Crippen molar-refractivity contribution in [2.45, 2.75) is 25.0 Å². The molecular formula is C9H11N3O4. The first-order chi connectivity index (χ1) is 7.66. The Morgan fingerprint density at radius 2 is 2.25 bits per heavy atom. The fourth-order valence-electron chi connectivity index (χ4n) is 1.55. The molecule has 0 spiro atoms. The Morgan fingerprint density at radius 1 is 1.50 bits per heavy atom. The highest BCUT2D eigenvalue weighted by Crippen LogP contribution is 2.20. The lowest BCUT2D eigenvalue weighted by Crippen LogP contribution is -2.30. The van der Waals surface area contributed by atoms with Crippen molar-refractivity contribution >= 4 is 17.7 Å². The summed E-state index contributed by atoms with van der Waals surface area (Å²) in [5.74, 6) is -0.919. The molecule has 0 saturated carbocycles. The highest BCUT2D eigenvalue weighted by molar-refractivity contribution is 5.93. The van der Waals surface area contributed by atoms with Crippen LogP contribution in [0.5, 0.6) is 0 Å². The van der Waals surface area contributed by atoms with E-state index in [4.69, 9.17) is 9.84 Å². The summed E-state index contributed by atoms with van der Waals surface area (Å²) in [5, 5.41) is 17.5. The second-order valence-electron chi connectivity index (χ2n) is 3.49. The van der Waals surface area contributed by atoms with Crippen LogP contribution in [-0.2, 0) is 14.3 Å². The zero-order valence-electron chi connectivity index (χ0n) is 8.34. The molecule has 0 aromatic carbocycles. The number of ether oxygens (including phenoxy) is 1. The molecule has 86 valence electrons. The number of carbonyl (C=O) groups is 2. The van der Waals surface area contributed by atoms with Crippen LogP contribution in [0, 0.1) is 0 Å². The Bertz CT molecular complexity index is 389. The van der Waals surface area contributed by atoms with E-state index in [1.165, 1.54) is 6.20 Å². The van der Waals surface area contributed by atoms with E-state index in [9.17, 15) is 9.59 Å². The van der Waals surface area contributed by atoms with Crippen molar-refractivity contribution in [3.8, 4) is 0 Å². The minimum absolute atomic E-state index is 0.354. The second kappa shape index (κ2) is 4.31. The lowest BCUT2D eigenvalue weighted by molar-refractivity contribution is -0.150. The molecule has 3 N–H and O–H groups in total. The number of H-pyrrole nitrogens is 1. The summed E-state index contributed by atoms with van der Waals surface area (Å²) >= 11 is 0. The number of nitrogens with zero attached hydrogens (tertiary/aromatic N) is 1. The minimum Gasteiger partial charge on any atom is -0.479 e. The van der Waals surface area contributed by atoms with Gasteiger partial charge in [-0.1, -0.05) is 0 Å². The summed E-state index contributed by atoms with van der Waals surface area (Å²) in [6, 6.07) is 1.60. The van der Waals surface area contributed by atoms with Crippen molar-refractivity contribution in [3.05, 3.63) is 12.3 Å². The molecule has 1 aromatic rings. The van der Waals surface area contributed by atoms with Gasteiger partial charge in [0.2, 0.25) is 0 Å². The van der Waals surface area contributed by atoms with Crippen LogP contribution in [0.1, 0.15) is 12.8 Å². The maximum Gasteiger partial charge on any atom is 0.332 e. The fraction of sp³-hybridized carbons (Fsp3) is 0.444. The van der Waals surface area contributed by atoms with Crippen LogP contribution in [0.2, 0.25) is 0 Å². The number of carbonyl (C=O) groups excluding carboxylic acids is 1. The molecule has 0 bridgehead atoms. The van der Waals surface area contributed by atoms with E-state index >= 15 is 0 Å². The van der Waals surface area contributed by atoms with Gasteiger partial charge in [0.15, 0.2) is 6.10 Å². The standard InChI is InChI=1S/C9H11N3O4/c13-8(11-7-3-4-10-12-7)5-1-2-6(16-5)9(14)15/h3-6H,1-2H2,(H,14,15)(H2,10,11,12,13). The van der Waals surface area contributed by atoms with Gasteiger partial charge < -0.3 is 15.2 Å². The molecule has 2 atom stereocenters. The summed E-state index contributed by atoms with van der Waals surface area (Å²) in [4.78, 5) is 22.2. The Balaban J connectivity index is 1.90. The SMILES string of the molecule is O=C(O)C1CCC(C(=O)Nc2ccn[nH]2)O1. The zero-order valence-corrected chi connectivity index (χ0v) is 8.34. The first-order valence-electron chi connectivity index (χ1n) is 4.85. The van der Waals surface area contributed by atoms with E-state index in [1.807, 2.05) is 0 Å². The predicted octanol–water partition coefficient (Wildman–Crippen LogP) is -0.0196. The van der Waals surface area contributed by atoms with Crippen LogP contribution < -0.4 is 5.32 Å². The summed E-state index contributed by atoms with van der Waals surface area (Å²) in [6.07, 6.45) is 0.695. The van der Waals surface area contributed by atoms with E-state index in [2.05, 4.69) is 15.5 Å². The van der Waals surface area contributed by atoms with Crippen LogP contribution in [-0.4, -0.2) is 39.4 Å². The summed E-state index contributed by atoms with van der Waals surface area (Å²) in [6.45, 7) is 0. The quantitative estimate of drug-likeness (QED) is 0.670. The van der Waals surface area contributed by atoms with E-state index in [0.29, 0.717) is 18.7 Å². The summed E-state index contributed by atoms with van der Waals surface area (Å²) < 4.78 is 5.09. The third kappa shape index (κ3) is 2.19. The van der Waals surface area contributed by atoms with Gasteiger partial charge >= 0.3 is 5.97 Å². The van der Waals surface area contributed by atoms with Gasteiger partial charge in [0.25, 0.3) is 5.91 Å². The van der Waals surface area contributed by atoms with E-state index in [-0.39, 0.29) is 5.91 Å². The van der Waals surface area contributed by atoms with Gasteiger partial charge in [0.05, 0.1) is 6.20 Å². The van der Waals surface area contributed by atoms with Gasteiger partial charge in [-0.2, -0.15) is 5.10 Å². The molecule has 2 heterocycles. The number of hydrogen-bond acceptors (Lipinski definition) is 4. The largest absolute Gasteiger partial charge is 0.479 e. The first kappa shape index (κ1) is 10.6. The molecule has 1 fully saturated rings. The van der Waals surface area contributed by atoms with Crippen LogP contribution in [0.4, 0.5) is 5.82 Å². The summed E-state index contributed by atoms with van der Waals surface area (Å²) in [5.41, 5.74) is 0. The van der Waals surface area contributed by atoms with Crippen molar-refractivity contribution in [3.63, 3.8) is 0 Å². The van der Waals surface area contributed by atoms with E-state index in [1.54, 1.807) is 6.07 Å². The van der Waals surface area contributed by atoms with Crippen molar-refractivity contribution in [2.24, 2.45) is 0 Å². The zero-order chi connectivity index (χ0) is 11.5. The van der Waals surface area contributed by atoms with Crippen LogP contribution in [0.3, 0.4) is 0 Å². The van der Waals surface area contributed by atoms with Gasteiger partial charge in [-0.25, -0.2) is 4.79 Å². The lowest BCUT2D eigenvalue weighted by atomic mass is 10.2. The molecule has 16 heavy (non-hydrogen) atoms. The van der Waals surface area contributed by atoms with Gasteiger partial charge in [-0.3, -0.25) is 9.89 Å². The number of hydrogen-bond donors (Lipinski definition) is 3. The van der Waals surface area contributed by atoms with Crippen molar-refractivity contribution < 1.29 is 19.4 Å². The first-order valence-corrected chi connectivity index (χ1v) is 4.85. The van der Waals surface area contributed by atoms with E-state index in [0.717, 1.165) is 0 Å². The molecule has 2 unspecified atom stereocenters. The molecule has 0 radical (unpaired) electrons. The molecule has 1 aliphatic rings. The highest BCUT2D eigenvalue weighted by atomic mass is 16.5. The minimum atomic E-state index is -1.03. The topological polar surface area (TPSA) is 104 Å². The molecule has 7 nitrogen and oxygen atoms in total. The average Bonchev–Trinajstić information content (AvgIpc) is 2.86. The lowest BCUT2D eigenvalue weighted by Gasteiger charge is -2.10. The second-order valence-corrected chi connectivity index (χ2v) is 3.49. The number of aromatic nitrogens is 2. The van der Waals surface area contributed by atoms with Gasteiger partial charge in [0, 0.05) is 6.07 Å². The Morgan fingerprint density at radius 3 is 2.81 bits per heavy atom. The molecule has 1 aromatic heterocycles. The highest BCUT2D eigenvalue weighted by Gasteiger charge is 2.34. The Labute approximate surface area is 90.8 Å². The predicted molar refractivity (Wildman–Crippen MR) is 52.7 cm³/mol. The summed E-state index contributed by atoms with van der Waals surface area (Å²) in [7, 11) is 0. The number of carboxylic acids is 1. The van der Waals surface area contributed by atoms with Crippen LogP contribution in [0.25, 0.3) is 0 Å². The molecule has 7 heteroatoms. The smallest absolute Gasteiger partial charge is 0.332 e. The number of carboxylic acid groups (broad SMARTS) is 1. The third-order valence-electron chi connectivity index (χ3n) is 2.35. The molecule has 1 amide bonds. The molecule has 1 aliphatic heterocycles. The fourth-order valence-corrected chi connectivity index (χ4v) is 1.55. The van der Waals surface area contributed by atoms with Crippen molar-refractivity contribution in [2.75, 3.05) is 5.32 Å². The maximum atomic E-state index is 11.6.